The molecule has 22 heavy (non-hydrogen) atoms. The van der Waals surface area contributed by atoms with Crippen LogP contribution >= 0.6 is 0 Å². The quantitative estimate of drug-likeness (QED) is 0.750. The molecule has 0 spiro atoms. The minimum Gasteiger partial charge on any atom is -0.367 e. The van der Waals surface area contributed by atoms with E-state index >= 15 is 0 Å². The lowest BCUT2D eigenvalue weighted by Crippen LogP contribution is -2.23. The summed E-state index contributed by atoms with van der Waals surface area (Å²) in [6.07, 6.45) is 13.8. The minimum absolute atomic E-state index is 0.624. The van der Waals surface area contributed by atoms with Gasteiger partial charge in [0.2, 0.25) is 0 Å². The molecule has 1 saturated carbocycles. The average Bonchev–Trinajstić information content (AvgIpc) is 2.86. The van der Waals surface area contributed by atoms with Crippen molar-refractivity contribution in [1.82, 2.24) is 9.38 Å². The van der Waals surface area contributed by atoms with Crippen LogP contribution in [0.15, 0.2) is 18.3 Å². The second-order valence-corrected chi connectivity index (χ2v) is 6.78. The number of fused-ring (bicyclic) bond motifs is 1. The molecule has 0 radical (unpaired) electrons. The van der Waals surface area contributed by atoms with Crippen molar-refractivity contribution in [3.63, 3.8) is 0 Å². The van der Waals surface area contributed by atoms with Gasteiger partial charge in [-0.15, -0.1) is 0 Å². The Morgan fingerprint density at radius 3 is 2.77 bits per heavy atom. The Morgan fingerprint density at radius 2 is 2.00 bits per heavy atom. The number of hydrogen-bond acceptors (Lipinski definition) is 2. The zero-order valence-corrected chi connectivity index (χ0v) is 14.1. The molecular weight excluding hydrogens is 270 g/mol. The van der Waals surface area contributed by atoms with Gasteiger partial charge < -0.3 is 5.32 Å². The summed E-state index contributed by atoms with van der Waals surface area (Å²) in [7, 11) is 0. The average molecular weight is 299 g/mol. The summed E-state index contributed by atoms with van der Waals surface area (Å²) in [5, 5.41) is 3.83. The third kappa shape index (κ3) is 3.45. The van der Waals surface area contributed by atoms with E-state index in [1.807, 2.05) is 0 Å². The van der Waals surface area contributed by atoms with E-state index in [2.05, 4.69) is 41.9 Å². The summed E-state index contributed by atoms with van der Waals surface area (Å²) in [6, 6.07) is 4.92. The van der Waals surface area contributed by atoms with Crippen molar-refractivity contribution in [3.8, 4) is 0 Å². The molecule has 3 rings (SSSR count). The standard InChI is InChI=1S/C19H29N3/c1-3-4-6-11-17-19(20-16-9-7-5-8-10-16)22-14-15(2)12-13-18(22)21-17/h12-14,16,20H,3-11H2,1-2H3. The van der Waals surface area contributed by atoms with Gasteiger partial charge in [0.1, 0.15) is 11.5 Å². The van der Waals surface area contributed by atoms with Crippen LogP contribution < -0.4 is 5.32 Å². The van der Waals surface area contributed by atoms with Crippen molar-refractivity contribution in [1.29, 1.82) is 0 Å². The van der Waals surface area contributed by atoms with Gasteiger partial charge in [0.15, 0.2) is 0 Å². The predicted octanol–water partition coefficient (Wildman–Crippen LogP) is 5.12. The van der Waals surface area contributed by atoms with E-state index in [9.17, 15) is 0 Å². The van der Waals surface area contributed by atoms with E-state index in [0.717, 1.165) is 12.1 Å². The Kier molecular flexibility index (Phi) is 5.01. The molecule has 3 nitrogen and oxygen atoms in total. The molecule has 120 valence electrons. The molecule has 1 N–H and O–H groups in total. The maximum absolute atomic E-state index is 4.89. The van der Waals surface area contributed by atoms with Gasteiger partial charge in [-0.25, -0.2) is 4.98 Å². The number of anilines is 1. The van der Waals surface area contributed by atoms with Crippen LogP contribution in [0.1, 0.15) is 69.5 Å². The molecule has 1 aliphatic rings. The van der Waals surface area contributed by atoms with Crippen LogP contribution in [0.2, 0.25) is 0 Å². The maximum Gasteiger partial charge on any atom is 0.138 e. The van der Waals surface area contributed by atoms with Crippen molar-refractivity contribution in [2.45, 2.75) is 77.7 Å². The molecular formula is C19H29N3. The van der Waals surface area contributed by atoms with Crippen LogP contribution in [0.25, 0.3) is 5.65 Å². The number of unbranched alkanes of at least 4 members (excludes halogenated alkanes) is 2. The lowest BCUT2D eigenvalue weighted by Gasteiger charge is -2.24. The van der Waals surface area contributed by atoms with Gasteiger partial charge in [0.25, 0.3) is 0 Å². The molecule has 0 bridgehead atoms. The van der Waals surface area contributed by atoms with Crippen molar-refractivity contribution in [2.24, 2.45) is 0 Å². The molecule has 2 aromatic rings. The first-order valence-corrected chi connectivity index (χ1v) is 9.02. The number of aromatic nitrogens is 2. The van der Waals surface area contributed by atoms with Gasteiger partial charge in [-0.3, -0.25) is 4.40 Å². The minimum atomic E-state index is 0.624. The third-order valence-corrected chi connectivity index (χ3v) is 4.80. The van der Waals surface area contributed by atoms with Crippen molar-refractivity contribution in [3.05, 3.63) is 29.6 Å². The molecule has 0 unspecified atom stereocenters. The molecule has 2 heterocycles. The highest BCUT2D eigenvalue weighted by Gasteiger charge is 2.18. The van der Waals surface area contributed by atoms with E-state index in [0.29, 0.717) is 6.04 Å². The number of nitrogens with one attached hydrogen (secondary N) is 1. The fourth-order valence-corrected chi connectivity index (χ4v) is 3.51. The van der Waals surface area contributed by atoms with E-state index in [1.54, 1.807) is 0 Å². The second-order valence-electron chi connectivity index (χ2n) is 6.78. The molecule has 3 heteroatoms. The number of hydrogen-bond donors (Lipinski definition) is 1. The second kappa shape index (κ2) is 7.17. The zero-order chi connectivity index (χ0) is 15.4. The lowest BCUT2D eigenvalue weighted by atomic mass is 9.95. The molecule has 0 saturated heterocycles. The Balaban J connectivity index is 1.88. The van der Waals surface area contributed by atoms with E-state index in [4.69, 9.17) is 4.98 Å². The number of rotatable bonds is 6. The number of pyridine rings is 1. The first kappa shape index (κ1) is 15.4. The first-order chi connectivity index (χ1) is 10.8. The van der Waals surface area contributed by atoms with Gasteiger partial charge in [0.05, 0.1) is 5.69 Å². The predicted molar refractivity (Wildman–Crippen MR) is 93.7 cm³/mol. The Labute approximate surface area is 134 Å². The highest BCUT2D eigenvalue weighted by atomic mass is 15.1. The van der Waals surface area contributed by atoms with Gasteiger partial charge in [-0.1, -0.05) is 45.1 Å². The number of nitrogens with zero attached hydrogens (tertiary/aromatic N) is 2. The monoisotopic (exact) mass is 299 g/mol. The van der Waals surface area contributed by atoms with Gasteiger partial charge in [-0.05, 0) is 44.2 Å². The largest absolute Gasteiger partial charge is 0.367 e. The van der Waals surface area contributed by atoms with Crippen LogP contribution in [0.4, 0.5) is 5.82 Å². The summed E-state index contributed by atoms with van der Waals surface area (Å²) in [5.41, 5.74) is 3.62. The molecule has 2 aromatic heterocycles. The van der Waals surface area contributed by atoms with Crippen molar-refractivity contribution in [2.75, 3.05) is 5.32 Å². The lowest BCUT2D eigenvalue weighted by molar-refractivity contribution is 0.461. The number of aryl methyl sites for hydroxylation is 2. The van der Waals surface area contributed by atoms with Crippen LogP contribution in [0.5, 0.6) is 0 Å². The van der Waals surface area contributed by atoms with Crippen molar-refractivity contribution < 1.29 is 0 Å². The Morgan fingerprint density at radius 1 is 1.18 bits per heavy atom. The molecule has 0 atom stereocenters. The van der Waals surface area contributed by atoms with Gasteiger partial charge in [-0.2, -0.15) is 0 Å². The van der Waals surface area contributed by atoms with Crippen LogP contribution in [0.3, 0.4) is 0 Å². The zero-order valence-electron chi connectivity index (χ0n) is 14.1. The molecule has 0 aliphatic heterocycles. The normalized spacial score (nSPS) is 16.3. The summed E-state index contributed by atoms with van der Waals surface area (Å²) < 4.78 is 2.27. The molecule has 1 aliphatic carbocycles. The maximum atomic E-state index is 4.89. The Hall–Kier alpha value is -1.51. The van der Waals surface area contributed by atoms with E-state index in [-0.39, 0.29) is 0 Å². The first-order valence-electron chi connectivity index (χ1n) is 9.02. The molecule has 0 aromatic carbocycles. The third-order valence-electron chi connectivity index (χ3n) is 4.80. The summed E-state index contributed by atoms with van der Waals surface area (Å²) in [4.78, 5) is 4.89. The van der Waals surface area contributed by atoms with Gasteiger partial charge >= 0.3 is 0 Å². The fourth-order valence-electron chi connectivity index (χ4n) is 3.51. The summed E-state index contributed by atoms with van der Waals surface area (Å²) >= 11 is 0. The van der Waals surface area contributed by atoms with E-state index < -0.39 is 0 Å². The summed E-state index contributed by atoms with van der Waals surface area (Å²) in [5.74, 6) is 1.25. The molecule has 1 fully saturated rings. The number of imidazole rings is 1. The van der Waals surface area contributed by atoms with Crippen LogP contribution in [0, 0.1) is 6.92 Å². The van der Waals surface area contributed by atoms with Crippen LogP contribution in [-0.4, -0.2) is 15.4 Å². The Bertz CT molecular complexity index is 608. The highest BCUT2D eigenvalue weighted by Crippen LogP contribution is 2.26. The topological polar surface area (TPSA) is 29.3 Å². The van der Waals surface area contributed by atoms with E-state index in [1.165, 1.54) is 68.4 Å². The fraction of sp³-hybridized carbons (Fsp3) is 0.632. The smallest absolute Gasteiger partial charge is 0.138 e. The highest BCUT2D eigenvalue weighted by molar-refractivity contribution is 5.56. The van der Waals surface area contributed by atoms with Gasteiger partial charge in [0, 0.05) is 12.2 Å². The van der Waals surface area contributed by atoms with Crippen LogP contribution in [-0.2, 0) is 6.42 Å². The molecule has 0 amide bonds. The summed E-state index contributed by atoms with van der Waals surface area (Å²) in [6.45, 7) is 4.41. The van der Waals surface area contributed by atoms with Crippen molar-refractivity contribution >= 4 is 11.5 Å². The SMILES string of the molecule is CCCCCc1nc2ccc(C)cn2c1NC1CCCCC1.